The molecule has 106 valence electrons. The summed E-state index contributed by atoms with van der Waals surface area (Å²) < 4.78 is 5.78. The minimum Gasteiger partial charge on any atom is -0.375 e. The Balaban J connectivity index is 2.35. The second-order valence-corrected chi connectivity index (χ2v) is 5.95. The fourth-order valence-corrected chi connectivity index (χ4v) is 2.44. The van der Waals surface area contributed by atoms with Gasteiger partial charge in [-0.1, -0.05) is 13.8 Å². The van der Waals surface area contributed by atoms with Gasteiger partial charge in [0.15, 0.2) is 0 Å². The van der Waals surface area contributed by atoms with E-state index in [4.69, 9.17) is 10.5 Å². The maximum absolute atomic E-state index is 12.1. The van der Waals surface area contributed by atoms with Crippen LogP contribution in [0.5, 0.6) is 0 Å². The molecule has 1 aliphatic rings. The average Bonchev–Trinajstić information content (AvgIpc) is 2.27. The molecular formula is C14H28N2O2. The number of ether oxygens (including phenoxy) is 1. The van der Waals surface area contributed by atoms with Crippen molar-refractivity contribution in [3.05, 3.63) is 0 Å². The Morgan fingerprint density at radius 1 is 1.28 bits per heavy atom. The van der Waals surface area contributed by atoms with Gasteiger partial charge in [-0.25, -0.2) is 0 Å². The largest absolute Gasteiger partial charge is 0.375 e. The number of carbonyl (C=O) groups is 1. The van der Waals surface area contributed by atoms with Gasteiger partial charge in [-0.15, -0.1) is 0 Å². The molecule has 1 rings (SSSR count). The number of hydrogen-bond donors (Lipinski definition) is 1. The molecule has 0 aliphatic carbocycles. The Kier molecular flexibility index (Phi) is 6.09. The van der Waals surface area contributed by atoms with E-state index in [9.17, 15) is 4.79 Å². The van der Waals surface area contributed by atoms with E-state index in [2.05, 4.69) is 27.7 Å². The zero-order valence-corrected chi connectivity index (χ0v) is 12.2. The summed E-state index contributed by atoms with van der Waals surface area (Å²) in [4.78, 5) is 14.0. The van der Waals surface area contributed by atoms with Crippen molar-refractivity contribution in [3.63, 3.8) is 0 Å². The number of carbonyl (C=O) groups excluding carboxylic acids is 1. The number of nitrogens with zero attached hydrogens (tertiary/aromatic N) is 1. The lowest BCUT2D eigenvalue weighted by Gasteiger charge is -2.34. The summed E-state index contributed by atoms with van der Waals surface area (Å²) in [6, 6.07) is -0.340. The SMILES string of the molecule is CC(C)C[C@H](N)C(=O)N1CCC(OC(C)C)CC1. The molecule has 2 N–H and O–H groups in total. The van der Waals surface area contributed by atoms with Gasteiger partial charge in [-0.2, -0.15) is 0 Å². The highest BCUT2D eigenvalue weighted by Gasteiger charge is 2.27. The van der Waals surface area contributed by atoms with E-state index < -0.39 is 0 Å². The highest BCUT2D eigenvalue weighted by atomic mass is 16.5. The molecule has 1 amide bonds. The molecule has 1 aliphatic heterocycles. The Morgan fingerprint density at radius 3 is 2.28 bits per heavy atom. The lowest BCUT2D eigenvalue weighted by atomic mass is 10.0. The highest BCUT2D eigenvalue weighted by molar-refractivity contribution is 5.81. The van der Waals surface area contributed by atoms with Crippen molar-refractivity contribution < 1.29 is 9.53 Å². The molecular weight excluding hydrogens is 228 g/mol. The molecule has 0 aromatic rings. The zero-order chi connectivity index (χ0) is 13.7. The minimum atomic E-state index is -0.340. The summed E-state index contributed by atoms with van der Waals surface area (Å²) in [5, 5.41) is 0. The Labute approximate surface area is 111 Å². The van der Waals surface area contributed by atoms with Crippen molar-refractivity contribution in [2.75, 3.05) is 13.1 Å². The van der Waals surface area contributed by atoms with Gasteiger partial charge in [-0.05, 0) is 39.0 Å². The molecule has 4 heteroatoms. The van der Waals surface area contributed by atoms with Crippen molar-refractivity contribution in [1.29, 1.82) is 0 Å². The molecule has 0 saturated carbocycles. The van der Waals surface area contributed by atoms with Gasteiger partial charge in [0.1, 0.15) is 0 Å². The number of nitrogens with two attached hydrogens (primary N) is 1. The van der Waals surface area contributed by atoms with Crippen LogP contribution < -0.4 is 5.73 Å². The molecule has 0 radical (unpaired) electrons. The van der Waals surface area contributed by atoms with Gasteiger partial charge >= 0.3 is 0 Å². The molecule has 0 unspecified atom stereocenters. The second-order valence-electron chi connectivity index (χ2n) is 5.95. The first-order valence-electron chi connectivity index (χ1n) is 7.10. The molecule has 0 aromatic heterocycles. The first-order chi connectivity index (χ1) is 8.40. The second kappa shape index (κ2) is 7.10. The summed E-state index contributed by atoms with van der Waals surface area (Å²) in [6.07, 6.45) is 3.19. The van der Waals surface area contributed by atoms with Gasteiger partial charge in [0.05, 0.1) is 18.2 Å². The van der Waals surface area contributed by atoms with E-state index in [1.807, 2.05) is 4.90 Å². The third-order valence-electron chi connectivity index (χ3n) is 3.26. The number of amides is 1. The monoisotopic (exact) mass is 256 g/mol. The van der Waals surface area contributed by atoms with Crippen LogP contribution in [0.25, 0.3) is 0 Å². The summed E-state index contributed by atoms with van der Waals surface area (Å²) in [5.74, 6) is 0.567. The quantitative estimate of drug-likeness (QED) is 0.815. The van der Waals surface area contributed by atoms with E-state index >= 15 is 0 Å². The van der Waals surface area contributed by atoms with Crippen molar-refractivity contribution in [2.45, 2.75) is 65.2 Å². The normalized spacial score (nSPS) is 19.6. The molecule has 0 bridgehead atoms. The van der Waals surface area contributed by atoms with Crippen LogP contribution in [-0.2, 0) is 9.53 Å². The highest BCUT2D eigenvalue weighted by Crippen LogP contribution is 2.17. The number of rotatable bonds is 5. The third-order valence-corrected chi connectivity index (χ3v) is 3.26. The number of likely N-dealkylation sites (tertiary alicyclic amines) is 1. The first kappa shape index (κ1) is 15.4. The predicted octanol–water partition coefficient (Wildman–Crippen LogP) is 1.78. The van der Waals surface area contributed by atoms with E-state index in [1.54, 1.807) is 0 Å². The molecule has 1 heterocycles. The fourth-order valence-electron chi connectivity index (χ4n) is 2.44. The van der Waals surface area contributed by atoms with E-state index in [0.29, 0.717) is 12.0 Å². The summed E-state index contributed by atoms with van der Waals surface area (Å²) in [6.45, 7) is 9.85. The van der Waals surface area contributed by atoms with Crippen molar-refractivity contribution >= 4 is 5.91 Å². The van der Waals surface area contributed by atoms with E-state index in [1.165, 1.54) is 0 Å². The van der Waals surface area contributed by atoms with Crippen molar-refractivity contribution in [3.8, 4) is 0 Å². The standard InChI is InChI=1S/C14H28N2O2/c1-10(2)9-13(15)14(17)16-7-5-12(6-8-16)18-11(3)4/h10-13H,5-9,15H2,1-4H3/t13-/m0/s1. The number of piperidine rings is 1. The zero-order valence-electron chi connectivity index (χ0n) is 12.2. The van der Waals surface area contributed by atoms with Gasteiger partial charge in [-0.3, -0.25) is 4.79 Å². The Morgan fingerprint density at radius 2 is 1.83 bits per heavy atom. The van der Waals surface area contributed by atoms with Crippen molar-refractivity contribution in [1.82, 2.24) is 4.90 Å². The van der Waals surface area contributed by atoms with Gasteiger partial charge in [0.2, 0.25) is 5.91 Å². The van der Waals surface area contributed by atoms with Crippen molar-refractivity contribution in [2.24, 2.45) is 11.7 Å². The van der Waals surface area contributed by atoms with Gasteiger partial charge in [0.25, 0.3) is 0 Å². The van der Waals surface area contributed by atoms with E-state index in [0.717, 1.165) is 32.4 Å². The molecule has 0 aromatic carbocycles. The smallest absolute Gasteiger partial charge is 0.239 e. The first-order valence-corrected chi connectivity index (χ1v) is 7.10. The van der Waals surface area contributed by atoms with E-state index in [-0.39, 0.29) is 18.1 Å². The van der Waals surface area contributed by atoms with Crippen LogP contribution in [0, 0.1) is 5.92 Å². The maximum atomic E-state index is 12.1. The molecule has 1 atom stereocenters. The summed E-state index contributed by atoms with van der Waals surface area (Å²) in [7, 11) is 0. The number of hydrogen-bond acceptors (Lipinski definition) is 3. The molecule has 18 heavy (non-hydrogen) atoms. The predicted molar refractivity (Wildman–Crippen MR) is 73.3 cm³/mol. The van der Waals surface area contributed by atoms with Gasteiger partial charge < -0.3 is 15.4 Å². The Bertz CT molecular complexity index is 259. The third kappa shape index (κ3) is 4.94. The lowest BCUT2D eigenvalue weighted by Crippen LogP contribution is -2.48. The van der Waals surface area contributed by atoms with Crippen LogP contribution in [0.15, 0.2) is 0 Å². The molecule has 0 spiro atoms. The maximum Gasteiger partial charge on any atom is 0.239 e. The lowest BCUT2D eigenvalue weighted by molar-refractivity contribution is -0.136. The fraction of sp³-hybridized carbons (Fsp3) is 0.929. The summed E-state index contributed by atoms with van der Waals surface area (Å²) in [5.41, 5.74) is 5.94. The molecule has 4 nitrogen and oxygen atoms in total. The Hall–Kier alpha value is -0.610. The topological polar surface area (TPSA) is 55.6 Å². The van der Waals surface area contributed by atoms with Crippen LogP contribution in [0.2, 0.25) is 0 Å². The van der Waals surface area contributed by atoms with Gasteiger partial charge in [0, 0.05) is 13.1 Å². The average molecular weight is 256 g/mol. The minimum absolute atomic E-state index is 0.103. The van der Waals surface area contributed by atoms with Crippen LogP contribution in [0.1, 0.15) is 47.0 Å². The van der Waals surface area contributed by atoms with Crippen LogP contribution in [0.4, 0.5) is 0 Å². The molecule has 1 saturated heterocycles. The van der Waals surface area contributed by atoms with Crippen LogP contribution in [-0.4, -0.2) is 42.1 Å². The molecule has 1 fully saturated rings. The summed E-state index contributed by atoms with van der Waals surface area (Å²) >= 11 is 0. The van der Waals surface area contributed by atoms with Crippen LogP contribution >= 0.6 is 0 Å². The van der Waals surface area contributed by atoms with Crippen LogP contribution in [0.3, 0.4) is 0 Å².